The molecule has 260 valence electrons. The third kappa shape index (κ3) is 4.69. The smallest absolute Gasteiger partial charge is 0.143 e. The van der Waals surface area contributed by atoms with Crippen LogP contribution in [0.15, 0.2) is 203 Å². The maximum atomic E-state index is 6.40. The van der Waals surface area contributed by atoms with Gasteiger partial charge in [0.05, 0.1) is 0 Å². The molecule has 2 nitrogen and oxygen atoms in total. The maximum Gasteiger partial charge on any atom is 0.143 e. The molecule has 0 aliphatic heterocycles. The third-order valence-electron chi connectivity index (χ3n) is 11.6. The summed E-state index contributed by atoms with van der Waals surface area (Å²) < 4.78 is 12.8. The van der Waals surface area contributed by atoms with E-state index in [-0.39, 0.29) is 0 Å². The first-order valence-corrected chi connectivity index (χ1v) is 19.2. The van der Waals surface area contributed by atoms with Crippen molar-refractivity contribution in [1.82, 2.24) is 0 Å². The van der Waals surface area contributed by atoms with E-state index in [0.717, 1.165) is 55.0 Å². The highest BCUT2D eigenvalue weighted by Crippen LogP contribution is 2.45. The van der Waals surface area contributed by atoms with Crippen LogP contribution in [0.2, 0.25) is 0 Å². The van der Waals surface area contributed by atoms with Gasteiger partial charge < -0.3 is 8.83 Å². The van der Waals surface area contributed by atoms with Crippen molar-refractivity contribution in [2.24, 2.45) is 0 Å². The van der Waals surface area contributed by atoms with Crippen molar-refractivity contribution in [3.63, 3.8) is 0 Å². The van der Waals surface area contributed by atoms with E-state index < -0.39 is 0 Å². The molecule has 0 amide bonds. The van der Waals surface area contributed by atoms with Gasteiger partial charge in [0.2, 0.25) is 0 Å². The van der Waals surface area contributed by atoms with E-state index in [1.54, 1.807) is 0 Å². The molecule has 12 rings (SSSR count). The Bertz CT molecular complexity index is 3470. The molecule has 0 unspecified atom stereocenters. The van der Waals surface area contributed by atoms with Gasteiger partial charge >= 0.3 is 0 Å². The van der Waals surface area contributed by atoms with Crippen molar-refractivity contribution >= 4 is 76.2 Å². The van der Waals surface area contributed by atoms with E-state index >= 15 is 0 Å². The number of benzene rings is 10. The fourth-order valence-electron chi connectivity index (χ4n) is 9.04. The van der Waals surface area contributed by atoms with Gasteiger partial charge in [-0.05, 0) is 108 Å². The molecule has 0 atom stereocenters. The Morgan fingerprint density at radius 3 is 1.54 bits per heavy atom. The standard InChI is InChI=1S/C54H32O2/c1-2-12-37-32-51-48(30-36(37)11-1)47-31-39(27-28-50(47)55-51)53-44-18-5-3-16-42(44)52(43-17-4-6-19-45(43)53)34-25-23-33(24-26-34)35-13-9-14-38(29-35)40-20-10-21-46-41-15-7-8-22-49(41)56-54(40)46/h1-32H. The van der Waals surface area contributed by atoms with Gasteiger partial charge in [-0.3, -0.25) is 0 Å². The highest BCUT2D eigenvalue weighted by atomic mass is 16.3. The molecule has 56 heavy (non-hydrogen) atoms. The van der Waals surface area contributed by atoms with Gasteiger partial charge in [-0.1, -0.05) is 158 Å². The van der Waals surface area contributed by atoms with Crippen LogP contribution in [0.3, 0.4) is 0 Å². The van der Waals surface area contributed by atoms with Crippen LogP contribution < -0.4 is 0 Å². The van der Waals surface area contributed by atoms with Crippen LogP contribution in [0.5, 0.6) is 0 Å². The Balaban J connectivity index is 0.982. The molecule has 0 fully saturated rings. The quantitative estimate of drug-likeness (QED) is 0.170. The van der Waals surface area contributed by atoms with Gasteiger partial charge in [0.15, 0.2) is 0 Å². The first kappa shape index (κ1) is 31.0. The molecule has 0 saturated heterocycles. The number of fused-ring (bicyclic) bond motifs is 9. The van der Waals surface area contributed by atoms with Crippen molar-refractivity contribution in [1.29, 1.82) is 0 Å². The normalized spacial score (nSPS) is 11.9. The fraction of sp³-hybridized carbons (Fsp3) is 0. The summed E-state index contributed by atoms with van der Waals surface area (Å²) >= 11 is 0. The van der Waals surface area contributed by atoms with E-state index in [0.29, 0.717) is 0 Å². The predicted molar refractivity (Wildman–Crippen MR) is 235 cm³/mol. The van der Waals surface area contributed by atoms with E-state index in [9.17, 15) is 0 Å². The van der Waals surface area contributed by atoms with Crippen LogP contribution in [0.25, 0.3) is 121 Å². The second-order valence-corrected chi connectivity index (χ2v) is 14.8. The van der Waals surface area contributed by atoms with Crippen molar-refractivity contribution in [2.75, 3.05) is 0 Å². The van der Waals surface area contributed by atoms with Gasteiger partial charge in [0.1, 0.15) is 22.3 Å². The zero-order valence-corrected chi connectivity index (χ0v) is 30.3. The molecule has 0 bridgehead atoms. The Hall–Kier alpha value is -7.42. The van der Waals surface area contributed by atoms with Gasteiger partial charge in [-0.25, -0.2) is 0 Å². The van der Waals surface area contributed by atoms with E-state index in [2.05, 4.69) is 182 Å². The number of rotatable bonds is 4. The Morgan fingerprint density at radius 1 is 0.250 bits per heavy atom. The lowest BCUT2D eigenvalue weighted by molar-refractivity contribution is 0.669. The van der Waals surface area contributed by atoms with Crippen molar-refractivity contribution < 1.29 is 8.83 Å². The van der Waals surface area contributed by atoms with Gasteiger partial charge in [-0.15, -0.1) is 0 Å². The summed E-state index contributed by atoms with van der Waals surface area (Å²) in [7, 11) is 0. The summed E-state index contributed by atoms with van der Waals surface area (Å²) in [5.41, 5.74) is 13.1. The SMILES string of the molecule is c1cc(-c2ccc(-c3c4ccccc4c(-c4ccc5oc6cc7ccccc7cc6c5c4)c4ccccc34)cc2)cc(-c2cccc3c2oc2ccccc23)c1. The fourth-order valence-corrected chi connectivity index (χ4v) is 9.04. The van der Waals surface area contributed by atoms with Crippen LogP contribution in [-0.2, 0) is 0 Å². The summed E-state index contributed by atoms with van der Waals surface area (Å²) in [6.07, 6.45) is 0. The van der Waals surface area contributed by atoms with E-state index in [1.807, 2.05) is 12.1 Å². The first-order valence-electron chi connectivity index (χ1n) is 19.2. The molecular formula is C54H32O2. The third-order valence-corrected chi connectivity index (χ3v) is 11.6. The van der Waals surface area contributed by atoms with Gasteiger partial charge in [0.25, 0.3) is 0 Å². The molecule has 12 aromatic rings. The zero-order chi connectivity index (χ0) is 36.7. The summed E-state index contributed by atoms with van der Waals surface area (Å²) in [4.78, 5) is 0. The second kappa shape index (κ2) is 12.0. The lowest BCUT2D eigenvalue weighted by Crippen LogP contribution is -1.91. The lowest BCUT2D eigenvalue weighted by atomic mass is 9.85. The molecule has 0 aliphatic carbocycles. The van der Waals surface area contributed by atoms with Crippen molar-refractivity contribution in [3.05, 3.63) is 194 Å². The minimum Gasteiger partial charge on any atom is -0.456 e. The molecule has 2 aromatic heterocycles. The number of hydrogen-bond acceptors (Lipinski definition) is 2. The van der Waals surface area contributed by atoms with Gasteiger partial charge in [0, 0.05) is 27.1 Å². The molecular weight excluding hydrogens is 681 g/mol. The Kier molecular flexibility index (Phi) is 6.66. The number of para-hydroxylation sites is 2. The summed E-state index contributed by atoms with van der Waals surface area (Å²) in [5, 5.41) is 11.9. The minimum atomic E-state index is 0.904. The second-order valence-electron chi connectivity index (χ2n) is 14.8. The average Bonchev–Trinajstić information content (AvgIpc) is 3.82. The first-order chi connectivity index (χ1) is 27.7. The molecule has 0 radical (unpaired) electrons. The molecule has 2 heterocycles. The maximum absolute atomic E-state index is 6.40. The molecule has 2 heteroatoms. The van der Waals surface area contributed by atoms with Crippen LogP contribution in [0.1, 0.15) is 0 Å². The predicted octanol–water partition coefficient (Wildman–Crippen LogP) is 15.6. The Morgan fingerprint density at radius 2 is 0.786 bits per heavy atom. The summed E-state index contributed by atoms with van der Waals surface area (Å²) in [6.45, 7) is 0. The van der Waals surface area contributed by atoms with Gasteiger partial charge in [-0.2, -0.15) is 0 Å². The lowest BCUT2D eigenvalue weighted by Gasteiger charge is -2.18. The molecule has 0 spiro atoms. The highest BCUT2D eigenvalue weighted by Gasteiger charge is 2.19. The van der Waals surface area contributed by atoms with Crippen molar-refractivity contribution in [2.45, 2.75) is 0 Å². The monoisotopic (exact) mass is 712 g/mol. The van der Waals surface area contributed by atoms with Crippen LogP contribution >= 0.6 is 0 Å². The van der Waals surface area contributed by atoms with E-state index in [4.69, 9.17) is 8.83 Å². The minimum absolute atomic E-state index is 0.904. The van der Waals surface area contributed by atoms with E-state index in [1.165, 1.54) is 65.7 Å². The summed E-state index contributed by atoms with van der Waals surface area (Å²) in [5.74, 6) is 0. The largest absolute Gasteiger partial charge is 0.456 e. The Labute approximate surface area is 322 Å². The number of furan rings is 2. The number of hydrogen-bond donors (Lipinski definition) is 0. The highest BCUT2D eigenvalue weighted by molar-refractivity contribution is 6.22. The average molecular weight is 713 g/mol. The van der Waals surface area contributed by atoms with Crippen LogP contribution in [-0.4, -0.2) is 0 Å². The summed E-state index contributed by atoms with van der Waals surface area (Å²) in [6, 6.07) is 69.9. The van der Waals surface area contributed by atoms with Crippen LogP contribution in [0, 0.1) is 0 Å². The van der Waals surface area contributed by atoms with Crippen molar-refractivity contribution in [3.8, 4) is 44.5 Å². The molecule has 0 N–H and O–H groups in total. The molecule has 10 aromatic carbocycles. The van der Waals surface area contributed by atoms with Crippen LogP contribution in [0.4, 0.5) is 0 Å². The molecule has 0 saturated carbocycles. The molecule has 0 aliphatic rings. The topological polar surface area (TPSA) is 26.3 Å². The zero-order valence-electron chi connectivity index (χ0n) is 30.3.